The van der Waals surface area contributed by atoms with E-state index >= 15 is 0 Å². The summed E-state index contributed by atoms with van der Waals surface area (Å²) in [6.07, 6.45) is 1.46. The van der Waals surface area contributed by atoms with E-state index in [1.54, 1.807) is 17.0 Å². The molecule has 0 radical (unpaired) electrons. The van der Waals surface area contributed by atoms with Gasteiger partial charge in [0.25, 0.3) is 5.91 Å². The lowest BCUT2D eigenvalue weighted by atomic mass is 10.1. The second-order valence-electron chi connectivity index (χ2n) is 6.55. The van der Waals surface area contributed by atoms with E-state index in [0.29, 0.717) is 12.2 Å². The van der Waals surface area contributed by atoms with Crippen molar-refractivity contribution in [1.82, 2.24) is 0 Å². The largest absolute Gasteiger partial charge is 0.484 e. The number of ether oxygens (including phenoxy) is 1. The van der Waals surface area contributed by atoms with E-state index in [0.717, 1.165) is 35.1 Å². The van der Waals surface area contributed by atoms with Gasteiger partial charge >= 0.3 is 0 Å². The fourth-order valence-corrected chi connectivity index (χ4v) is 3.28. The third kappa shape index (κ3) is 3.92. The predicted molar refractivity (Wildman–Crippen MR) is 106 cm³/mol. The van der Waals surface area contributed by atoms with Gasteiger partial charge in [-0.3, -0.25) is 9.59 Å². The number of benzene rings is 3. The van der Waals surface area contributed by atoms with Gasteiger partial charge in [-0.25, -0.2) is 0 Å². The van der Waals surface area contributed by atoms with Crippen LogP contribution in [0.3, 0.4) is 0 Å². The number of amides is 2. The molecule has 1 aliphatic rings. The van der Waals surface area contributed by atoms with Crippen molar-refractivity contribution in [2.75, 3.05) is 23.4 Å². The zero-order valence-electron chi connectivity index (χ0n) is 14.9. The molecule has 5 heteroatoms. The molecule has 0 atom stereocenters. The van der Waals surface area contributed by atoms with Crippen LogP contribution >= 0.6 is 0 Å². The smallest absolute Gasteiger partial charge is 0.262 e. The Morgan fingerprint density at radius 1 is 1.00 bits per heavy atom. The van der Waals surface area contributed by atoms with E-state index in [9.17, 15) is 9.59 Å². The molecule has 4 rings (SSSR count). The molecule has 1 fully saturated rings. The molecule has 0 spiro atoms. The average molecular weight is 360 g/mol. The van der Waals surface area contributed by atoms with Crippen molar-refractivity contribution in [2.24, 2.45) is 0 Å². The molecule has 0 aromatic heterocycles. The van der Waals surface area contributed by atoms with Gasteiger partial charge in [-0.1, -0.05) is 36.4 Å². The van der Waals surface area contributed by atoms with Gasteiger partial charge in [0.15, 0.2) is 6.61 Å². The normalized spacial score (nSPS) is 13.8. The highest BCUT2D eigenvalue weighted by molar-refractivity contribution is 5.96. The quantitative estimate of drug-likeness (QED) is 0.749. The van der Waals surface area contributed by atoms with E-state index in [1.807, 2.05) is 54.6 Å². The van der Waals surface area contributed by atoms with Gasteiger partial charge in [0.2, 0.25) is 5.91 Å². The molecule has 0 unspecified atom stereocenters. The summed E-state index contributed by atoms with van der Waals surface area (Å²) in [5.74, 6) is 0.468. The van der Waals surface area contributed by atoms with Gasteiger partial charge in [-0.2, -0.15) is 0 Å². The first-order valence-corrected chi connectivity index (χ1v) is 9.01. The minimum atomic E-state index is -0.229. The SMILES string of the molecule is O=C(COc1cccc(N2CCCC2=O)c1)Nc1ccc2ccccc2c1. The number of carbonyl (C=O) groups is 2. The van der Waals surface area contributed by atoms with Gasteiger partial charge in [-0.05, 0) is 41.5 Å². The first kappa shape index (κ1) is 17.1. The molecule has 5 nitrogen and oxygen atoms in total. The zero-order valence-corrected chi connectivity index (χ0v) is 14.9. The lowest BCUT2D eigenvalue weighted by Gasteiger charge is -2.16. The van der Waals surface area contributed by atoms with Crippen LogP contribution in [0.4, 0.5) is 11.4 Å². The first-order chi connectivity index (χ1) is 13.2. The van der Waals surface area contributed by atoms with Crippen LogP contribution in [0, 0.1) is 0 Å². The number of fused-ring (bicyclic) bond motifs is 1. The molecular weight excluding hydrogens is 340 g/mol. The van der Waals surface area contributed by atoms with Crippen molar-refractivity contribution >= 4 is 34.0 Å². The Bertz CT molecular complexity index is 1000. The van der Waals surface area contributed by atoms with Crippen molar-refractivity contribution in [3.05, 3.63) is 66.7 Å². The third-order valence-corrected chi connectivity index (χ3v) is 4.61. The fourth-order valence-electron chi connectivity index (χ4n) is 3.28. The molecule has 1 heterocycles. The molecule has 3 aromatic rings. The molecular formula is C22H20N2O3. The molecule has 1 aliphatic heterocycles. The van der Waals surface area contributed by atoms with Crippen molar-refractivity contribution in [3.8, 4) is 5.75 Å². The number of rotatable bonds is 5. The number of carbonyl (C=O) groups excluding carboxylic acids is 2. The summed E-state index contributed by atoms with van der Waals surface area (Å²) in [6.45, 7) is 0.634. The van der Waals surface area contributed by atoms with Gasteiger partial charge in [0, 0.05) is 30.4 Å². The van der Waals surface area contributed by atoms with Crippen LogP contribution in [-0.4, -0.2) is 25.0 Å². The summed E-state index contributed by atoms with van der Waals surface area (Å²) in [6, 6.07) is 21.1. The average Bonchev–Trinajstić information content (AvgIpc) is 3.12. The Morgan fingerprint density at radius 3 is 2.67 bits per heavy atom. The Kier molecular flexibility index (Phi) is 4.75. The van der Waals surface area contributed by atoms with Crippen LogP contribution < -0.4 is 15.0 Å². The maximum atomic E-state index is 12.2. The lowest BCUT2D eigenvalue weighted by molar-refractivity contribution is -0.118. The zero-order chi connectivity index (χ0) is 18.6. The monoisotopic (exact) mass is 360 g/mol. The van der Waals surface area contributed by atoms with Crippen molar-refractivity contribution in [3.63, 3.8) is 0 Å². The van der Waals surface area contributed by atoms with Crippen molar-refractivity contribution in [1.29, 1.82) is 0 Å². The van der Waals surface area contributed by atoms with Crippen LogP contribution in [0.5, 0.6) is 5.75 Å². The van der Waals surface area contributed by atoms with Gasteiger partial charge in [-0.15, -0.1) is 0 Å². The Labute approximate surface area is 157 Å². The summed E-state index contributed by atoms with van der Waals surface area (Å²) < 4.78 is 5.61. The van der Waals surface area contributed by atoms with Gasteiger partial charge in [0.1, 0.15) is 5.75 Å². The third-order valence-electron chi connectivity index (χ3n) is 4.61. The van der Waals surface area contributed by atoms with Gasteiger partial charge in [0.05, 0.1) is 0 Å². The minimum Gasteiger partial charge on any atom is -0.484 e. The Hall–Kier alpha value is -3.34. The standard InChI is InChI=1S/C22H20N2O3/c25-21(23-18-11-10-16-5-1-2-6-17(16)13-18)15-27-20-8-3-7-19(14-20)24-12-4-9-22(24)26/h1-3,5-8,10-11,13-14H,4,9,12,15H2,(H,23,25). The van der Waals surface area contributed by atoms with Crippen molar-refractivity contribution in [2.45, 2.75) is 12.8 Å². The van der Waals surface area contributed by atoms with Crippen LogP contribution in [0.1, 0.15) is 12.8 Å². The molecule has 0 aliphatic carbocycles. The Morgan fingerprint density at radius 2 is 1.85 bits per heavy atom. The highest BCUT2D eigenvalue weighted by Crippen LogP contribution is 2.25. The van der Waals surface area contributed by atoms with Crippen LogP contribution in [0.15, 0.2) is 66.7 Å². The van der Waals surface area contributed by atoms with Crippen LogP contribution in [0.25, 0.3) is 10.8 Å². The highest BCUT2D eigenvalue weighted by Gasteiger charge is 2.21. The highest BCUT2D eigenvalue weighted by atomic mass is 16.5. The molecule has 1 saturated heterocycles. The molecule has 0 bridgehead atoms. The predicted octanol–water partition coefficient (Wildman–Crippen LogP) is 3.98. The molecule has 27 heavy (non-hydrogen) atoms. The van der Waals surface area contributed by atoms with E-state index in [2.05, 4.69) is 5.32 Å². The van der Waals surface area contributed by atoms with Crippen LogP contribution in [0.2, 0.25) is 0 Å². The maximum absolute atomic E-state index is 12.2. The number of anilines is 2. The molecule has 0 saturated carbocycles. The Balaban J connectivity index is 1.38. The molecule has 136 valence electrons. The first-order valence-electron chi connectivity index (χ1n) is 9.01. The number of nitrogens with zero attached hydrogens (tertiary/aromatic N) is 1. The lowest BCUT2D eigenvalue weighted by Crippen LogP contribution is -2.24. The summed E-state index contributed by atoms with van der Waals surface area (Å²) in [4.78, 5) is 25.8. The van der Waals surface area contributed by atoms with E-state index in [1.165, 1.54) is 0 Å². The summed E-state index contributed by atoms with van der Waals surface area (Å²) in [7, 11) is 0. The minimum absolute atomic E-state index is 0.0930. The second kappa shape index (κ2) is 7.50. The van der Waals surface area contributed by atoms with E-state index < -0.39 is 0 Å². The molecule has 2 amide bonds. The maximum Gasteiger partial charge on any atom is 0.262 e. The summed E-state index contributed by atoms with van der Waals surface area (Å²) >= 11 is 0. The number of hydrogen-bond donors (Lipinski definition) is 1. The van der Waals surface area contributed by atoms with Gasteiger partial charge < -0.3 is 15.0 Å². The molecule has 1 N–H and O–H groups in total. The second-order valence-corrected chi connectivity index (χ2v) is 6.55. The fraction of sp³-hybridized carbons (Fsp3) is 0.182. The van der Waals surface area contributed by atoms with E-state index in [-0.39, 0.29) is 18.4 Å². The number of nitrogens with one attached hydrogen (secondary N) is 1. The molecule has 3 aromatic carbocycles. The van der Waals surface area contributed by atoms with Crippen molar-refractivity contribution < 1.29 is 14.3 Å². The van der Waals surface area contributed by atoms with E-state index in [4.69, 9.17) is 4.74 Å². The topological polar surface area (TPSA) is 58.6 Å². The van der Waals surface area contributed by atoms with Crippen LogP contribution in [-0.2, 0) is 9.59 Å². The summed E-state index contributed by atoms with van der Waals surface area (Å²) in [5.41, 5.74) is 1.55. The summed E-state index contributed by atoms with van der Waals surface area (Å²) in [5, 5.41) is 5.05. The number of hydrogen-bond acceptors (Lipinski definition) is 3.